The van der Waals surface area contributed by atoms with Gasteiger partial charge in [0.05, 0.1) is 10.4 Å². The first-order valence-electron chi connectivity index (χ1n) is 10.4. The highest BCUT2D eigenvalue weighted by Gasteiger charge is 2.43. The Labute approximate surface area is 198 Å². The van der Waals surface area contributed by atoms with E-state index < -0.39 is 11.6 Å². The number of hydrogen-bond donors (Lipinski definition) is 2. The van der Waals surface area contributed by atoms with Gasteiger partial charge in [0.1, 0.15) is 12.1 Å². The first kappa shape index (κ1) is 22.8. The zero-order chi connectivity index (χ0) is 22.7. The highest BCUT2D eigenvalue weighted by molar-refractivity contribution is 9.11. The number of aryl methyl sites for hydroxylation is 1. The van der Waals surface area contributed by atoms with E-state index in [1.165, 1.54) is 11.3 Å². The van der Waals surface area contributed by atoms with Crippen LogP contribution < -0.4 is 20.3 Å². The van der Waals surface area contributed by atoms with Gasteiger partial charge in [-0.3, -0.25) is 9.59 Å². The lowest BCUT2D eigenvalue weighted by atomic mass is 9.96. The highest BCUT2D eigenvalue weighted by atomic mass is 79.9. The summed E-state index contributed by atoms with van der Waals surface area (Å²) in [7, 11) is 0. The number of benzene rings is 1. The van der Waals surface area contributed by atoms with Gasteiger partial charge in [-0.2, -0.15) is 0 Å². The van der Waals surface area contributed by atoms with Gasteiger partial charge in [0.25, 0.3) is 5.91 Å². The Balaban J connectivity index is 1.45. The van der Waals surface area contributed by atoms with E-state index in [0.717, 1.165) is 27.9 Å². The second-order valence-electron chi connectivity index (χ2n) is 7.92. The molecule has 0 bridgehead atoms. The van der Waals surface area contributed by atoms with Crippen molar-refractivity contribution >= 4 is 56.5 Å². The van der Waals surface area contributed by atoms with Gasteiger partial charge >= 0.3 is 6.09 Å². The normalized spacial score (nSPS) is 17.8. The molecular formula is C22H24BrN3O5S. The molecule has 0 spiro atoms. The Morgan fingerprint density at radius 1 is 1.22 bits per heavy atom. The molecule has 0 radical (unpaired) electrons. The van der Waals surface area contributed by atoms with Crippen LogP contribution in [-0.4, -0.2) is 43.2 Å². The Bertz CT molecular complexity index is 1030. The molecule has 2 fully saturated rings. The number of carbonyl (C=O) groups is 3. The highest BCUT2D eigenvalue weighted by Crippen LogP contribution is 2.33. The molecule has 2 aromatic rings. The molecule has 1 saturated heterocycles. The van der Waals surface area contributed by atoms with Crippen molar-refractivity contribution in [3.05, 3.63) is 39.7 Å². The van der Waals surface area contributed by atoms with E-state index in [4.69, 9.17) is 9.47 Å². The first-order valence-corrected chi connectivity index (χ1v) is 12.0. The van der Waals surface area contributed by atoms with Crippen LogP contribution in [-0.2, 0) is 14.3 Å². The van der Waals surface area contributed by atoms with E-state index in [9.17, 15) is 14.4 Å². The maximum Gasteiger partial charge on any atom is 0.414 e. The minimum Gasteiger partial charge on any atom is -0.399 e. The summed E-state index contributed by atoms with van der Waals surface area (Å²) in [5, 5.41) is 6.19. The fourth-order valence-corrected chi connectivity index (χ4v) is 5.30. The maximum absolute atomic E-state index is 13.2. The van der Waals surface area contributed by atoms with Crippen LogP contribution in [0.15, 0.2) is 34.1 Å². The van der Waals surface area contributed by atoms with Crippen LogP contribution in [0.25, 0.3) is 0 Å². The van der Waals surface area contributed by atoms with Crippen LogP contribution in [0.4, 0.5) is 16.2 Å². The quantitative estimate of drug-likeness (QED) is 0.613. The lowest BCUT2D eigenvalue weighted by Gasteiger charge is -2.29. The molecule has 2 N–H and O–H groups in total. The molecule has 0 unspecified atom stereocenters. The predicted octanol–water partition coefficient (Wildman–Crippen LogP) is 4.22. The third-order valence-electron chi connectivity index (χ3n) is 5.71. The number of ether oxygens (including phenoxy) is 2. The number of carbonyl (C=O) groups excluding carboxylic acids is 3. The smallest absolute Gasteiger partial charge is 0.399 e. The zero-order valence-electron chi connectivity index (χ0n) is 17.6. The second-order valence-corrected chi connectivity index (χ2v) is 10.3. The minimum atomic E-state index is -1.02. The molecule has 8 nitrogen and oxygen atoms in total. The largest absolute Gasteiger partial charge is 0.414 e. The fourth-order valence-electron chi connectivity index (χ4n) is 4.11. The van der Waals surface area contributed by atoms with Crippen molar-refractivity contribution in [3.8, 4) is 5.06 Å². The Morgan fingerprint density at radius 2 is 2.00 bits per heavy atom. The van der Waals surface area contributed by atoms with Gasteiger partial charge in [-0.1, -0.05) is 24.2 Å². The Hall–Kier alpha value is -2.43. The van der Waals surface area contributed by atoms with Gasteiger partial charge in [-0.25, -0.2) is 4.79 Å². The van der Waals surface area contributed by atoms with Crippen molar-refractivity contribution in [2.45, 2.75) is 38.1 Å². The van der Waals surface area contributed by atoms with Crippen molar-refractivity contribution in [1.29, 1.82) is 0 Å². The topological polar surface area (TPSA) is 97.0 Å². The van der Waals surface area contributed by atoms with Crippen LogP contribution >= 0.6 is 27.3 Å². The number of morpholine rings is 1. The van der Waals surface area contributed by atoms with Crippen LogP contribution in [0.1, 0.15) is 31.2 Å². The minimum absolute atomic E-state index is 0.0740. The number of nitrogens with zero attached hydrogens (tertiary/aromatic N) is 1. The molecule has 1 saturated carbocycles. The van der Waals surface area contributed by atoms with Crippen molar-refractivity contribution in [2.75, 3.05) is 30.0 Å². The predicted molar refractivity (Wildman–Crippen MR) is 125 cm³/mol. The lowest BCUT2D eigenvalue weighted by molar-refractivity contribution is -0.125. The molecule has 1 aliphatic carbocycles. The third kappa shape index (κ3) is 4.97. The Morgan fingerprint density at radius 3 is 2.66 bits per heavy atom. The molecule has 1 aliphatic heterocycles. The number of rotatable bonds is 5. The van der Waals surface area contributed by atoms with Crippen molar-refractivity contribution in [3.63, 3.8) is 0 Å². The number of amides is 3. The zero-order valence-corrected chi connectivity index (χ0v) is 20.0. The van der Waals surface area contributed by atoms with Crippen LogP contribution in [0.3, 0.4) is 0 Å². The summed E-state index contributed by atoms with van der Waals surface area (Å²) in [6.07, 6.45) is 2.13. The SMILES string of the molecule is Cc1cc(NC(=O)C2(NC(=O)Oc3ccc(Br)s3)CCCC2)ccc1N1CCOCC1=O. The molecule has 0 atom stereocenters. The molecule has 4 rings (SSSR count). The lowest BCUT2D eigenvalue weighted by Crippen LogP contribution is -2.55. The molecular weight excluding hydrogens is 498 g/mol. The average Bonchev–Trinajstić information content (AvgIpc) is 3.38. The van der Waals surface area contributed by atoms with E-state index in [0.29, 0.717) is 36.7 Å². The molecule has 2 aliphatic rings. The number of anilines is 2. The van der Waals surface area contributed by atoms with Crippen LogP contribution in [0, 0.1) is 6.92 Å². The second kappa shape index (κ2) is 9.60. The summed E-state index contributed by atoms with van der Waals surface area (Å²) in [5.41, 5.74) is 1.27. The molecule has 170 valence electrons. The number of thiophene rings is 1. The summed E-state index contributed by atoms with van der Waals surface area (Å²) in [6, 6.07) is 8.92. The number of nitrogens with one attached hydrogen (secondary N) is 2. The Kier molecular flexibility index (Phi) is 6.82. The maximum atomic E-state index is 13.2. The van der Waals surface area contributed by atoms with Gasteiger partial charge in [0, 0.05) is 17.9 Å². The molecule has 10 heteroatoms. The van der Waals surface area contributed by atoms with Crippen LogP contribution in [0.2, 0.25) is 0 Å². The van der Waals surface area contributed by atoms with Crippen molar-refractivity contribution < 1.29 is 23.9 Å². The van der Waals surface area contributed by atoms with Gasteiger partial charge < -0.3 is 25.0 Å². The van der Waals surface area contributed by atoms with Gasteiger partial charge in [-0.05, 0) is 71.6 Å². The van der Waals surface area contributed by atoms with Gasteiger partial charge in [0.2, 0.25) is 5.91 Å². The summed E-state index contributed by atoms with van der Waals surface area (Å²) in [4.78, 5) is 39.5. The van der Waals surface area contributed by atoms with E-state index >= 15 is 0 Å². The number of hydrogen-bond acceptors (Lipinski definition) is 6. The van der Waals surface area contributed by atoms with Gasteiger partial charge in [0.15, 0.2) is 5.06 Å². The standard InChI is InChI=1S/C22H24BrN3O5S/c1-14-12-15(4-5-16(14)26-10-11-30-13-18(26)27)24-20(28)22(8-2-3-9-22)25-21(29)31-19-7-6-17(23)32-19/h4-7,12H,2-3,8-11,13H2,1H3,(H,24,28)(H,25,29). The van der Waals surface area contributed by atoms with E-state index in [1.807, 2.05) is 19.1 Å². The molecule has 2 heterocycles. The summed E-state index contributed by atoms with van der Waals surface area (Å²) in [6.45, 7) is 2.97. The number of halogens is 1. The average molecular weight is 522 g/mol. The molecule has 1 aromatic carbocycles. The summed E-state index contributed by atoms with van der Waals surface area (Å²) >= 11 is 4.63. The fraction of sp³-hybridized carbons (Fsp3) is 0.409. The summed E-state index contributed by atoms with van der Waals surface area (Å²) in [5.74, 6) is -0.351. The first-order chi connectivity index (χ1) is 15.4. The van der Waals surface area contributed by atoms with E-state index in [-0.39, 0.29) is 18.4 Å². The molecule has 3 amide bonds. The monoisotopic (exact) mass is 521 g/mol. The van der Waals surface area contributed by atoms with Crippen molar-refractivity contribution in [2.24, 2.45) is 0 Å². The van der Waals surface area contributed by atoms with E-state index in [1.54, 1.807) is 23.1 Å². The molecule has 1 aromatic heterocycles. The molecule has 32 heavy (non-hydrogen) atoms. The third-order valence-corrected chi connectivity index (χ3v) is 7.21. The van der Waals surface area contributed by atoms with Crippen LogP contribution in [0.5, 0.6) is 5.06 Å². The van der Waals surface area contributed by atoms with Gasteiger partial charge in [-0.15, -0.1) is 0 Å². The van der Waals surface area contributed by atoms with Crippen molar-refractivity contribution in [1.82, 2.24) is 5.32 Å². The van der Waals surface area contributed by atoms with E-state index in [2.05, 4.69) is 26.6 Å². The summed E-state index contributed by atoms with van der Waals surface area (Å²) < 4.78 is 11.4.